The third-order valence-corrected chi connectivity index (χ3v) is 3.16. The van der Waals surface area contributed by atoms with Crippen LogP contribution in [0.15, 0.2) is 34.8 Å². The second-order valence-corrected chi connectivity index (χ2v) is 5.11. The van der Waals surface area contributed by atoms with E-state index in [9.17, 15) is 5.11 Å². The van der Waals surface area contributed by atoms with Crippen molar-refractivity contribution in [2.75, 3.05) is 34.7 Å². The highest BCUT2D eigenvalue weighted by molar-refractivity contribution is 5.42. The van der Waals surface area contributed by atoms with E-state index in [1.54, 1.807) is 0 Å². The molecule has 3 nitrogen and oxygen atoms in total. The predicted octanol–water partition coefficient (Wildman–Crippen LogP) is 3.18. The molecule has 0 aliphatic carbocycles. The van der Waals surface area contributed by atoms with E-state index in [1.165, 1.54) is 0 Å². The molecular weight excluding hydrogens is 224 g/mol. The molecule has 0 atom stereocenters. The highest BCUT2D eigenvalue weighted by Gasteiger charge is 2.11. The first-order valence-electron chi connectivity index (χ1n) is 6.32. The Morgan fingerprint density at radius 2 is 1.56 bits per heavy atom. The van der Waals surface area contributed by atoms with Gasteiger partial charge in [-0.15, -0.1) is 0 Å². The normalized spacial score (nSPS) is 14.2. The molecule has 0 rings (SSSR count). The monoisotopic (exact) mass is 252 g/mol. The molecule has 0 fully saturated rings. The molecule has 104 valence electrons. The molecule has 3 heteroatoms. The zero-order chi connectivity index (χ0) is 14.5. The third kappa shape index (κ3) is 4.57. The van der Waals surface area contributed by atoms with Crippen LogP contribution in [0.2, 0.25) is 0 Å². The zero-order valence-electron chi connectivity index (χ0n) is 13.0. The minimum atomic E-state index is 0.450. The fourth-order valence-electron chi connectivity index (χ4n) is 1.86. The molecule has 0 aliphatic heterocycles. The summed E-state index contributed by atoms with van der Waals surface area (Å²) in [6.07, 6.45) is 0.823. The molecule has 0 bridgehead atoms. The standard InChI is InChI=1S/C15H28N2O/c1-9-14(15(18)10-16(5)6)12(3)11(2)13(4)17(7)8/h18H,4,9-10H2,1-3,5-8H3/b12-11-,15-14+. The summed E-state index contributed by atoms with van der Waals surface area (Å²) in [6, 6.07) is 0. The van der Waals surface area contributed by atoms with Crippen LogP contribution >= 0.6 is 0 Å². The van der Waals surface area contributed by atoms with Crippen LogP contribution in [-0.2, 0) is 0 Å². The highest BCUT2D eigenvalue weighted by atomic mass is 16.3. The molecule has 0 radical (unpaired) electrons. The van der Waals surface area contributed by atoms with Crippen molar-refractivity contribution in [1.82, 2.24) is 9.80 Å². The van der Waals surface area contributed by atoms with Crippen molar-refractivity contribution in [3.05, 3.63) is 34.8 Å². The summed E-state index contributed by atoms with van der Waals surface area (Å²) in [5.74, 6) is 0.450. The number of nitrogens with zero attached hydrogens (tertiary/aromatic N) is 2. The predicted molar refractivity (Wildman–Crippen MR) is 79.7 cm³/mol. The molecule has 0 unspecified atom stereocenters. The van der Waals surface area contributed by atoms with Crippen molar-refractivity contribution < 1.29 is 5.11 Å². The van der Waals surface area contributed by atoms with Gasteiger partial charge in [-0.2, -0.15) is 0 Å². The van der Waals surface area contributed by atoms with Gasteiger partial charge in [0.1, 0.15) is 5.76 Å². The van der Waals surface area contributed by atoms with E-state index in [1.807, 2.05) is 38.0 Å². The van der Waals surface area contributed by atoms with Crippen LogP contribution in [0.3, 0.4) is 0 Å². The summed E-state index contributed by atoms with van der Waals surface area (Å²) in [6.45, 7) is 10.8. The van der Waals surface area contributed by atoms with Gasteiger partial charge in [0.05, 0.1) is 6.54 Å². The minimum Gasteiger partial charge on any atom is -0.511 e. The quantitative estimate of drug-likeness (QED) is 0.581. The van der Waals surface area contributed by atoms with Crippen molar-refractivity contribution in [1.29, 1.82) is 0 Å². The van der Waals surface area contributed by atoms with Gasteiger partial charge < -0.3 is 14.9 Å². The molecule has 0 saturated heterocycles. The largest absolute Gasteiger partial charge is 0.511 e. The topological polar surface area (TPSA) is 26.7 Å². The van der Waals surface area contributed by atoms with E-state index in [-0.39, 0.29) is 0 Å². The maximum absolute atomic E-state index is 10.2. The first-order valence-corrected chi connectivity index (χ1v) is 6.32. The molecule has 0 heterocycles. The number of aliphatic hydroxyl groups is 1. The lowest BCUT2D eigenvalue weighted by Crippen LogP contribution is -2.17. The van der Waals surface area contributed by atoms with Crippen molar-refractivity contribution in [2.45, 2.75) is 27.2 Å². The lowest BCUT2D eigenvalue weighted by Gasteiger charge is -2.21. The summed E-state index contributed by atoms with van der Waals surface area (Å²) in [5, 5.41) is 10.2. The second-order valence-electron chi connectivity index (χ2n) is 5.11. The van der Waals surface area contributed by atoms with E-state index in [0.29, 0.717) is 12.3 Å². The van der Waals surface area contributed by atoms with Gasteiger partial charge in [0, 0.05) is 19.8 Å². The molecule has 0 aromatic carbocycles. The van der Waals surface area contributed by atoms with Crippen LogP contribution in [0.25, 0.3) is 0 Å². The smallest absolute Gasteiger partial charge is 0.110 e. The van der Waals surface area contributed by atoms with Gasteiger partial charge >= 0.3 is 0 Å². The number of rotatable bonds is 6. The van der Waals surface area contributed by atoms with E-state index in [2.05, 4.69) is 27.4 Å². The summed E-state index contributed by atoms with van der Waals surface area (Å²) in [7, 11) is 7.87. The Morgan fingerprint density at radius 3 is 1.89 bits per heavy atom. The van der Waals surface area contributed by atoms with Crippen LogP contribution in [-0.4, -0.2) is 49.6 Å². The first kappa shape index (κ1) is 16.8. The molecule has 0 aromatic heterocycles. The van der Waals surface area contributed by atoms with Crippen LogP contribution in [0.1, 0.15) is 27.2 Å². The Morgan fingerprint density at radius 1 is 1.06 bits per heavy atom. The summed E-state index contributed by atoms with van der Waals surface area (Å²) in [4.78, 5) is 3.96. The lowest BCUT2D eigenvalue weighted by molar-refractivity contribution is 0.319. The molecule has 18 heavy (non-hydrogen) atoms. The SMILES string of the molecule is C=C(/C(C)=C(C)\C(CC)=C(\O)CN(C)C)N(C)C. The van der Waals surface area contributed by atoms with Crippen LogP contribution in [0.4, 0.5) is 0 Å². The average molecular weight is 252 g/mol. The molecule has 0 aliphatic rings. The molecule has 0 aromatic rings. The van der Waals surface area contributed by atoms with Gasteiger partial charge in [-0.3, -0.25) is 0 Å². The Balaban J connectivity index is 5.42. The minimum absolute atomic E-state index is 0.450. The van der Waals surface area contributed by atoms with Gasteiger partial charge in [-0.05, 0) is 51.1 Å². The molecular formula is C15H28N2O. The lowest BCUT2D eigenvalue weighted by atomic mass is 9.97. The number of allylic oxidation sites excluding steroid dienone is 3. The maximum Gasteiger partial charge on any atom is 0.110 e. The highest BCUT2D eigenvalue weighted by Crippen LogP contribution is 2.24. The van der Waals surface area contributed by atoms with Gasteiger partial charge in [0.2, 0.25) is 0 Å². The first-order chi connectivity index (χ1) is 8.22. The van der Waals surface area contributed by atoms with E-state index >= 15 is 0 Å². The second kappa shape index (κ2) is 7.27. The Labute approximate surface area is 112 Å². The van der Waals surface area contributed by atoms with Crippen LogP contribution in [0.5, 0.6) is 0 Å². The average Bonchev–Trinajstić information content (AvgIpc) is 2.26. The van der Waals surface area contributed by atoms with Gasteiger partial charge in [-0.1, -0.05) is 13.5 Å². The van der Waals surface area contributed by atoms with Crippen molar-refractivity contribution in [3.63, 3.8) is 0 Å². The maximum atomic E-state index is 10.2. The fraction of sp³-hybridized carbons (Fsp3) is 0.600. The fourth-order valence-corrected chi connectivity index (χ4v) is 1.86. The third-order valence-electron chi connectivity index (χ3n) is 3.16. The van der Waals surface area contributed by atoms with E-state index < -0.39 is 0 Å². The zero-order valence-corrected chi connectivity index (χ0v) is 13.0. The number of hydrogen-bond donors (Lipinski definition) is 1. The Kier molecular flexibility index (Phi) is 6.77. The van der Waals surface area contributed by atoms with Crippen LogP contribution in [0, 0.1) is 0 Å². The molecule has 0 spiro atoms. The van der Waals surface area contributed by atoms with Crippen molar-refractivity contribution >= 4 is 0 Å². The Hall–Kier alpha value is -1.22. The van der Waals surface area contributed by atoms with Gasteiger partial charge in [0.15, 0.2) is 0 Å². The molecule has 0 amide bonds. The van der Waals surface area contributed by atoms with Crippen LogP contribution < -0.4 is 0 Å². The molecule has 1 N–H and O–H groups in total. The summed E-state index contributed by atoms with van der Waals surface area (Å²) >= 11 is 0. The van der Waals surface area contributed by atoms with E-state index in [0.717, 1.165) is 28.8 Å². The van der Waals surface area contributed by atoms with Crippen molar-refractivity contribution in [2.24, 2.45) is 0 Å². The van der Waals surface area contributed by atoms with Crippen molar-refractivity contribution in [3.8, 4) is 0 Å². The summed E-state index contributed by atoms with van der Waals surface area (Å²) < 4.78 is 0. The van der Waals surface area contributed by atoms with E-state index in [4.69, 9.17) is 0 Å². The van der Waals surface area contributed by atoms with Gasteiger partial charge in [-0.25, -0.2) is 0 Å². The number of hydrogen-bond acceptors (Lipinski definition) is 3. The Bertz CT molecular complexity index is 363. The summed E-state index contributed by atoms with van der Waals surface area (Å²) in [5.41, 5.74) is 4.25. The number of likely N-dealkylation sites (N-methyl/N-ethyl adjacent to an activating group) is 2. The number of aliphatic hydroxyl groups excluding tert-OH is 1. The van der Waals surface area contributed by atoms with Gasteiger partial charge in [0.25, 0.3) is 0 Å². The molecule has 0 saturated carbocycles.